The van der Waals surface area contributed by atoms with Crippen molar-refractivity contribution in [1.82, 2.24) is 14.5 Å². The molecule has 5 heteroatoms. The highest BCUT2D eigenvalue weighted by atomic mass is 35.5. The van der Waals surface area contributed by atoms with Crippen LogP contribution in [-0.4, -0.2) is 14.5 Å². The lowest BCUT2D eigenvalue weighted by Crippen LogP contribution is -2.06. The van der Waals surface area contributed by atoms with Crippen molar-refractivity contribution in [2.24, 2.45) is 0 Å². The zero-order valence-corrected chi connectivity index (χ0v) is 14.9. The second-order valence-electron chi connectivity index (χ2n) is 5.87. The first-order valence-corrected chi connectivity index (χ1v) is 8.73. The molecule has 0 bridgehead atoms. The number of imidazole rings is 1. The van der Waals surface area contributed by atoms with Crippen molar-refractivity contribution >= 4 is 34.2 Å². The minimum absolute atomic E-state index is 0.625. The average Bonchev–Trinajstić information content (AvgIpc) is 2.96. The van der Waals surface area contributed by atoms with Crippen LogP contribution in [0.15, 0.2) is 67.0 Å². The van der Waals surface area contributed by atoms with E-state index in [2.05, 4.69) is 15.6 Å². The van der Waals surface area contributed by atoms with E-state index in [1.807, 2.05) is 42.5 Å². The fraction of sp³-hybridized carbons (Fsp3) is 0.100. The number of para-hydroxylation sites is 2. The van der Waals surface area contributed by atoms with Gasteiger partial charge in [0, 0.05) is 28.9 Å². The van der Waals surface area contributed by atoms with Crippen LogP contribution >= 0.6 is 23.2 Å². The topological polar surface area (TPSA) is 30.7 Å². The molecule has 0 aliphatic heterocycles. The maximum Gasteiger partial charge on any atom is 0.114 e. The Kier molecular flexibility index (Phi) is 4.43. The zero-order valence-electron chi connectivity index (χ0n) is 13.4. The summed E-state index contributed by atoms with van der Waals surface area (Å²) in [6.45, 7) is 0.625. The Morgan fingerprint density at radius 2 is 1.72 bits per heavy atom. The number of benzene rings is 2. The van der Waals surface area contributed by atoms with Gasteiger partial charge in [0.05, 0.1) is 17.6 Å². The molecule has 124 valence electrons. The summed E-state index contributed by atoms with van der Waals surface area (Å²) in [4.78, 5) is 8.90. The third-order valence-electron chi connectivity index (χ3n) is 4.18. The van der Waals surface area contributed by atoms with E-state index in [4.69, 9.17) is 28.2 Å². The van der Waals surface area contributed by atoms with E-state index in [9.17, 15) is 0 Å². The van der Waals surface area contributed by atoms with Gasteiger partial charge in [-0.1, -0.05) is 35.3 Å². The molecule has 0 N–H and O–H groups in total. The fourth-order valence-corrected chi connectivity index (χ4v) is 3.33. The number of hydrogen-bond donors (Lipinski definition) is 0. The Morgan fingerprint density at radius 3 is 2.56 bits per heavy atom. The average molecular weight is 368 g/mol. The number of pyridine rings is 1. The monoisotopic (exact) mass is 367 g/mol. The molecule has 2 heterocycles. The Morgan fingerprint density at radius 1 is 0.920 bits per heavy atom. The molecule has 0 aliphatic rings. The Balaban J connectivity index is 1.80. The molecule has 0 unspecified atom stereocenters. The second-order valence-corrected chi connectivity index (χ2v) is 6.71. The molecular weight excluding hydrogens is 353 g/mol. The molecule has 0 radical (unpaired) electrons. The Hall–Kier alpha value is -2.36. The Bertz CT molecular complexity index is 1030. The fourth-order valence-electron chi connectivity index (χ4n) is 2.95. The zero-order chi connectivity index (χ0) is 17.2. The van der Waals surface area contributed by atoms with Gasteiger partial charge in [0.15, 0.2) is 0 Å². The third-order valence-corrected chi connectivity index (χ3v) is 4.79. The Labute approximate surface area is 155 Å². The predicted molar refractivity (Wildman–Crippen MR) is 102 cm³/mol. The quantitative estimate of drug-likeness (QED) is 0.484. The molecular formula is C20H15Cl2N3. The van der Waals surface area contributed by atoms with Gasteiger partial charge in [0.1, 0.15) is 5.82 Å². The van der Waals surface area contributed by atoms with E-state index in [1.165, 1.54) is 5.56 Å². The molecule has 0 aliphatic carbocycles. The molecule has 4 rings (SSSR count). The number of hydrogen-bond acceptors (Lipinski definition) is 2. The van der Waals surface area contributed by atoms with Gasteiger partial charge in [-0.05, 0) is 53.6 Å². The van der Waals surface area contributed by atoms with Crippen molar-refractivity contribution in [3.8, 4) is 0 Å². The van der Waals surface area contributed by atoms with Crippen LogP contribution in [0.1, 0.15) is 17.0 Å². The highest BCUT2D eigenvalue weighted by Gasteiger charge is 2.13. The van der Waals surface area contributed by atoms with E-state index in [0.717, 1.165) is 28.8 Å². The number of halogens is 2. The third kappa shape index (κ3) is 3.39. The van der Waals surface area contributed by atoms with Gasteiger partial charge in [-0.3, -0.25) is 4.98 Å². The molecule has 3 nitrogen and oxygen atoms in total. The van der Waals surface area contributed by atoms with Gasteiger partial charge < -0.3 is 4.57 Å². The minimum atomic E-state index is 0.625. The molecule has 0 amide bonds. The normalized spacial score (nSPS) is 11.1. The molecule has 4 aromatic rings. The van der Waals surface area contributed by atoms with Crippen molar-refractivity contribution in [1.29, 1.82) is 0 Å². The first kappa shape index (κ1) is 16.1. The van der Waals surface area contributed by atoms with E-state index in [0.29, 0.717) is 16.6 Å². The minimum Gasteiger partial charge on any atom is -0.323 e. The van der Waals surface area contributed by atoms with Crippen LogP contribution in [0.25, 0.3) is 11.0 Å². The van der Waals surface area contributed by atoms with Crippen molar-refractivity contribution < 1.29 is 0 Å². The van der Waals surface area contributed by atoms with E-state index >= 15 is 0 Å². The summed E-state index contributed by atoms with van der Waals surface area (Å²) in [5.74, 6) is 0.989. The van der Waals surface area contributed by atoms with Gasteiger partial charge in [-0.2, -0.15) is 0 Å². The van der Waals surface area contributed by atoms with Gasteiger partial charge in [0.25, 0.3) is 0 Å². The van der Waals surface area contributed by atoms with E-state index < -0.39 is 0 Å². The van der Waals surface area contributed by atoms with Crippen LogP contribution in [0.5, 0.6) is 0 Å². The first-order chi connectivity index (χ1) is 12.2. The summed E-state index contributed by atoms with van der Waals surface area (Å²) in [5.41, 5.74) is 4.21. The predicted octanol–water partition coefficient (Wildman–Crippen LogP) is 5.38. The smallest absolute Gasteiger partial charge is 0.114 e. The van der Waals surface area contributed by atoms with Crippen molar-refractivity contribution in [2.75, 3.05) is 0 Å². The lowest BCUT2D eigenvalue weighted by molar-refractivity contribution is 0.762. The molecule has 2 aromatic heterocycles. The first-order valence-electron chi connectivity index (χ1n) is 7.98. The molecule has 25 heavy (non-hydrogen) atoms. The van der Waals surface area contributed by atoms with Gasteiger partial charge in [0.2, 0.25) is 0 Å². The lowest BCUT2D eigenvalue weighted by atomic mass is 10.2. The summed E-state index contributed by atoms with van der Waals surface area (Å²) in [5, 5.41) is 1.39. The molecule has 0 saturated heterocycles. The standard InChI is InChI=1S/C20H15Cl2N3/c21-16-5-6-17(22)15(12-16)13-25-19-4-2-1-3-18(19)24-20(25)11-14-7-9-23-10-8-14/h1-10,12H,11,13H2. The second kappa shape index (κ2) is 6.87. The van der Waals surface area contributed by atoms with Crippen LogP contribution in [0.2, 0.25) is 10.0 Å². The van der Waals surface area contributed by atoms with E-state index in [-0.39, 0.29) is 0 Å². The molecule has 0 fully saturated rings. The summed E-state index contributed by atoms with van der Waals surface area (Å²) < 4.78 is 2.20. The molecule has 0 spiro atoms. The molecule has 2 aromatic carbocycles. The van der Waals surface area contributed by atoms with Crippen molar-refractivity contribution in [3.05, 3.63) is 94.0 Å². The number of fused-ring (bicyclic) bond motifs is 1. The summed E-state index contributed by atoms with van der Waals surface area (Å²) in [7, 11) is 0. The maximum absolute atomic E-state index is 6.38. The van der Waals surface area contributed by atoms with Gasteiger partial charge in [-0.15, -0.1) is 0 Å². The highest BCUT2D eigenvalue weighted by Crippen LogP contribution is 2.25. The maximum atomic E-state index is 6.38. The largest absolute Gasteiger partial charge is 0.323 e. The highest BCUT2D eigenvalue weighted by molar-refractivity contribution is 6.33. The molecule has 0 atom stereocenters. The van der Waals surface area contributed by atoms with E-state index in [1.54, 1.807) is 18.5 Å². The summed E-state index contributed by atoms with van der Waals surface area (Å²) in [6.07, 6.45) is 4.34. The van der Waals surface area contributed by atoms with Crippen LogP contribution < -0.4 is 0 Å². The van der Waals surface area contributed by atoms with Crippen molar-refractivity contribution in [3.63, 3.8) is 0 Å². The van der Waals surface area contributed by atoms with Crippen LogP contribution in [-0.2, 0) is 13.0 Å². The summed E-state index contributed by atoms with van der Waals surface area (Å²) in [6, 6.07) is 17.7. The van der Waals surface area contributed by atoms with Crippen LogP contribution in [0.3, 0.4) is 0 Å². The number of aromatic nitrogens is 3. The SMILES string of the molecule is Clc1ccc(Cl)c(Cn2c(Cc3ccncc3)nc3ccccc32)c1. The van der Waals surface area contributed by atoms with Gasteiger partial charge >= 0.3 is 0 Å². The van der Waals surface area contributed by atoms with Crippen molar-refractivity contribution in [2.45, 2.75) is 13.0 Å². The number of rotatable bonds is 4. The van der Waals surface area contributed by atoms with Crippen LogP contribution in [0.4, 0.5) is 0 Å². The van der Waals surface area contributed by atoms with Gasteiger partial charge in [-0.25, -0.2) is 4.98 Å². The van der Waals surface area contributed by atoms with Crippen LogP contribution in [0, 0.1) is 0 Å². The number of nitrogens with zero attached hydrogens (tertiary/aromatic N) is 3. The molecule has 0 saturated carbocycles. The lowest BCUT2D eigenvalue weighted by Gasteiger charge is -2.11. The summed E-state index contributed by atoms with van der Waals surface area (Å²) >= 11 is 12.5.